The molecule has 6 nitrogen and oxygen atoms in total. The molecule has 0 amide bonds. The van der Waals surface area contributed by atoms with Gasteiger partial charge in [0.15, 0.2) is 0 Å². The minimum Gasteiger partial charge on any atom is -0.394 e. The molecule has 184 valence electrons. The molecule has 5 rings (SSSR count). The van der Waals surface area contributed by atoms with Crippen molar-refractivity contribution in [1.29, 1.82) is 0 Å². The Kier molecular flexibility index (Phi) is 6.53. The summed E-state index contributed by atoms with van der Waals surface area (Å²) >= 11 is 6.52. The molecule has 34 heavy (non-hydrogen) atoms. The lowest BCUT2D eigenvalue weighted by molar-refractivity contribution is -0.366. The second-order valence-electron chi connectivity index (χ2n) is 10.3. The van der Waals surface area contributed by atoms with Crippen LogP contribution in [0.4, 0.5) is 0 Å². The Labute approximate surface area is 205 Å². The Bertz CT molecular complexity index is 1020. The van der Waals surface area contributed by atoms with Gasteiger partial charge in [-0.1, -0.05) is 41.9 Å². The van der Waals surface area contributed by atoms with Gasteiger partial charge in [-0.25, -0.2) is 0 Å². The zero-order valence-electron chi connectivity index (χ0n) is 19.4. The van der Waals surface area contributed by atoms with Gasteiger partial charge in [-0.15, -0.1) is 0 Å². The van der Waals surface area contributed by atoms with Gasteiger partial charge in [0.05, 0.1) is 6.61 Å². The molecule has 1 spiro atoms. The summed E-state index contributed by atoms with van der Waals surface area (Å²) in [6.07, 6.45) is 1.65. The van der Waals surface area contributed by atoms with Gasteiger partial charge >= 0.3 is 0 Å². The topological polar surface area (TPSA) is 99.4 Å². The van der Waals surface area contributed by atoms with E-state index in [1.807, 2.05) is 0 Å². The van der Waals surface area contributed by atoms with Crippen molar-refractivity contribution in [2.45, 2.75) is 74.6 Å². The van der Waals surface area contributed by atoms with Crippen LogP contribution in [0.25, 0.3) is 0 Å². The van der Waals surface area contributed by atoms with Gasteiger partial charge in [0.2, 0.25) is 5.79 Å². The lowest BCUT2D eigenvalue weighted by Gasteiger charge is -2.47. The van der Waals surface area contributed by atoms with E-state index in [9.17, 15) is 20.4 Å². The molecule has 1 heterocycles. The standard InChI is InChI=1S/C27H33ClO6/c1-33-27(25(32)24(31)23(30)22(15-29)34-27)20-6-7-21(28)19(13-20)12-16-2-4-17(5-3-16)18-8-9-26(14-18)10-11-26/h2-7,13,18,22-25,29-32H,8-12,14-15H2,1H3. The fourth-order valence-electron chi connectivity index (χ4n) is 5.84. The van der Waals surface area contributed by atoms with E-state index in [4.69, 9.17) is 21.1 Å². The van der Waals surface area contributed by atoms with Crippen molar-refractivity contribution in [3.8, 4) is 0 Å². The first-order chi connectivity index (χ1) is 16.3. The van der Waals surface area contributed by atoms with E-state index in [0.29, 0.717) is 28.3 Å². The summed E-state index contributed by atoms with van der Waals surface area (Å²) in [7, 11) is 1.35. The predicted molar refractivity (Wildman–Crippen MR) is 128 cm³/mol. The van der Waals surface area contributed by atoms with E-state index in [0.717, 1.165) is 11.1 Å². The van der Waals surface area contributed by atoms with Crippen LogP contribution in [0.5, 0.6) is 0 Å². The van der Waals surface area contributed by atoms with Crippen LogP contribution in [0.1, 0.15) is 60.3 Å². The Morgan fingerprint density at radius 3 is 2.38 bits per heavy atom. The highest BCUT2D eigenvalue weighted by molar-refractivity contribution is 6.31. The van der Waals surface area contributed by atoms with Crippen molar-refractivity contribution in [3.05, 3.63) is 69.7 Å². The summed E-state index contributed by atoms with van der Waals surface area (Å²) in [6.45, 7) is -0.537. The number of ether oxygens (including phenoxy) is 2. The van der Waals surface area contributed by atoms with Gasteiger partial charge in [-0.3, -0.25) is 0 Å². The van der Waals surface area contributed by atoms with E-state index < -0.39 is 36.8 Å². The Morgan fingerprint density at radius 2 is 1.76 bits per heavy atom. The lowest BCUT2D eigenvalue weighted by atomic mass is 9.87. The highest BCUT2D eigenvalue weighted by Crippen LogP contribution is 2.61. The first-order valence-electron chi connectivity index (χ1n) is 12.1. The van der Waals surface area contributed by atoms with E-state index in [1.54, 1.807) is 18.2 Å². The van der Waals surface area contributed by atoms with Crippen LogP contribution >= 0.6 is 11.6 Å². The summed E-state index contributed by atoms with van der Waals surface area (Å²) in [5.41, 5.74) is 4.44. The highest BCUT2D eigenvalue weighted by atomic mass is 35.5. The number of benzene rings is 2. The van der Waals surface area contributed by atoms with Crippen molar-refractivity contribution in [3.63, 3.8) is 0 Å². The summed E-state index contributed by atoms with van der Waals surface area (Å²) in [4.78, 5) is 0. The average molecular weight is 489 g/mol. The monoisotopic (exact) mass is 488 g/mol. The zero-order valence-corrected chi connectivity index (χ0v) is 20.1. The quantitative estimate of drug-likeness (QED) is 0.498. The first-order valence-corrected chi connectivity index (χ1v) is 12.4. The number of aliphatic hydroxyl groups is 4. The van der Waals surface area contributed by atoms with Gasteiger partial charge in [-0.2, -0.15) is 0 Å². The van der Waals surface area contributed by atoms with Crippen molar-refractivity contribution < 1.29 is 29.9 Å². The molecule has 0 radical (unpaired) electrons. The number of halogens is 1. The molecule has 0 aromatic heterocycles. The molecule has 6 atom stereocenters. The molecule has 2 saturated carbocycles. The molecular formula is C27H33ClO6. The summed E-state index contributed by atoms with van der Waals surface area (Å²) in [6, 6.07) is 13.9. The van der Waals surface area contributed by atoms with Crippen molar-refractivity contribution in [1.82, 2.24) is 0 Å². The van der Waals surface area contributed by atoms with Gasteiger partial charge in [-0.05, 0) is 78.7 Å². The summed E-state index contributed by atoms with van der Waals surface area (Å²) < 4.78 is 11.4. The minimum atomic E-state index is -1.75. The lowest BCUT2D eigenvalue weighted by Crippen LogP contribution is -2.64. The Morgan fingerprint density at radius 1 is 1.03 bits per heavy atom. The molecule has 6 unspecified atom stereocenters. The highest BCUT2D eigenvalue weighted by Gasteiger charge is 2.55. The van der Waals surface area contributed by atoms with Crippen molar-refractivity contribution >= 4 is 11.6 Å². The molecular weight excluding hydrogens is 456 g/mol. The maximum atomic E-state index is 10.8. The van der Waals surface area contributed by atoms with Crippen LogP contribution in [0, 0.1) is 5.41 Å². The molecule has 1 saturated heterocycles. The Balaban J connectivity index is 1.38. The van der Waals surface area contributed by atoms with E-state index >= 15 is 0 Å². The first kappa shape index (κ1) is 24.2. The van der Waals surface area contributed by atoms with Gasteiger partial charge < -0.3 is 29.9 Å². The van der Waals surface area contributed by atoms with Crippen LogP contribution in [0.3, 0.4) is 0 Å². The smallest absolute Gasteiger partial charge is 0.224 e. The number of aliphatic hydroxyl groups excluding tert-OH is 4. The second kappa shape index (κ2) is 9.17. The number of hydrogen-bond acceptors (Lipinski definition) is 6. The van der Waals surface area contributed by atoms with Crippen LogP contribution < -0.4 is 0 Å². The van der Waals surface area contributed by atoms with E-state index in [-0.39, 0.29) is 0 Å². The maximum absolute atomic E-state index is 10.8. The van der Waals surface area contributed by atoms with Crippen LogP contribution in [0.2, 0.25) is 5.02 Å². The van der Waals surface area contributed by atoms with Gasteiger partial charge in [0, 0.05) is 17.7 Å². The molecule has 2 aromatic rings. The molecule has 0 bridgehead atoms. The molecule has 2 aromatic carbocycles. The molecule has 1 aliphatic heterocycles. The molecule has 7 heteroatoms. The fourth-order valence-corrected chi connectivity index (χ4v) is 6.03. The van der Waals surface area contributed by atoms with Crippen molar-refractivity contribution in [2.24, 2.45) is 5.41 Å². The molecule has 2 aliphatic carbocycles. The maximum Gasteiger partial charge on any atom is 0.224 e. The number of hydrogen-bond donors (Lipinski definition) is 4. The Hall–Kier alpha value is -1.51. The van der Waals surface area contributed by atoms with E-state index in [1.165, 1.54) is 44.8 Å². The number of rotatable bonds is 6. The molecule has 3 aliphatic rings. The zero-order chi connectivity index (χ0) is 24.1. The molecule has 4 N–H and O–H groups in total. The van der Waals surface area contributed by atoms with Gasteiger partial charge in [0.1, 0.15) is 24.4 Å². The minimum absolute atomic E-state index is 0.448. The number of methoxy groups -OCH3 is 1. The fraction of sp³-hybridized carbons (Fsp3) is 0.556. The van der Waals surface area contributed by atoms with Crippen LogP contribution in [-0.2, 0) is 21.7 Å². The summed E-state index contributed by atoms with van der Waals surface area (Å²) in [5, 5.41) is 41.5. The molecule has 3 fully saturated rings. The second-order valence-corrected chi connectivity index (χ2v) is 10.7. The van der Waals surface area contributed by atoms with Crippen LogP contribution in [-0.4, -0.2) is 58.6 Å². The largest absolute Gasteiger partial charge is 0.394 e. The predicted octanol–water partition coefficient (Wildman–Crippen LogP) is 3.25. The SMILES string of the molecule is COC1(c2ccc(Cl)c(Cc3ccc(C4CCC5(CC5)C4)cc3)c2)OC(CO)C(O)C(O)C1O. The third-order valence-electron chi connectivity index (χ3n) is 8.21. The van der Waals surface area contributed by atoms with Crippen molar-refractivity contribution in [2.75, 3.05) is 13.7 Å². The third kappa shape index (κ3) is 4.20. The van der Waals surface area contributed by atoms with Gasteiger partial charge in [0.25, 0.3) is 0 Å². The summed E-state index contributed by atoms with van der Waals surface area (Å²) in [5.74, 6) is -1.09. The van der Waals surface area contributed by atoms with E-state index in [2.05, 4.69) is 24.3 Å². The average Bonchev–Trinajstić information content (AvgIpc) is 3.48. The third-order valence-corrected chi connectivity index (χ3v) is 8.58. The van der Waals surface area contributed by atoms with Crippen LogP contribution in [0.15, 0.2) is 42.5 Å². The normalized spacial score (nSPS) is 34.5.